The Balaban J connectivity index is 2.52. The van der Waals surface area contributed by atoms with Crippen LogP contribution in [-0.2, 0) is 0 Å². The van der Waals surface area contributed by atoms with E-state index in [0.29, 0.717) is 11.4 Å². The predicted octanol–water partition coefficient (Wildman–Crippen LogP) is 3.28. The second-order valence-electron chi connectivity index (χ2n) is 3.57. The maximum Gasteiger partial charge on any atom is 0.145 e. The van der Waals surface area contributed by atoms with Crippen molar-refractivity contribution in [2.45, 2.75) is 13.0 Å². The molecule has 0 aliphatic rings. The van der Waals surface area contributed by atoms with Crippen LogP contribution in [0.5, 0.6) is 0 Å². The second kappa shape index (κ2) is 5.81. The third kappa shape index (κ3) is 2.57. The van der Waals surface area contributed by atoms with Gasteiger partial charge in [-0.3, -0.25) is 0 Å². The molecule has 0 saturated carbocycles. The van der Waals surface area contributed by atoms with Gasteiger partial charge in [-0.1, -0.05) is 11.4 Å². The second-order valence-corrected chi connectivity index (χ2v) is 5.24. The fraction of sp³-hybridized carbons (Fsp3) is 0.273. The smallest absolute Gasteiger partial charge is 0.145 e. The summed E-state index contributed by atoms with van der Waals surface area (Å²) in [7, 11) is 0. The first-order chi connectivity index (χ1) is 8.65. The zero-order chi connectivity index (χ0) is 13.1. The molecule has 0 amide bonds. The van der Waals surface area contributed by atoms with Crippen molar-refractivity contribution in [1.29, 1.82) is 0 Å². The van der Waals surface area contributed by atoms with Crippen LogP contribution in [0, 0.1) is 11.6 Å². The Labute approximate surface area is 116 Å². The van der Waals surface area contributed by atoms with Crippen LogP contribution in [0.2, 0.25) is 0 Å². The third-order valence-corrected chi connectivity index (χ3v) is 3.78. The zero-order valence-electron chi connectivity index (χ0n) is 9.45. The molecule has 2 aromatic rings. The molecule has 0 aliphatic heterocycles. The molecular weight excluding hydrogens is 324 g/mol. The van der Waals surface area contributed by atoms with E-state index in [9.17, 15) is 8.78 Å². The molecule has 1 atom stereocenters. The molecular formula is C11H10BrF2N3S. The summed E-state index contributed by atoms with van der Waals surface area (Å²) in [5, 5.41) is 6.74. The minimum Gasteiger partial charge on any atom is -0.306 e. The molecule has 1 heterocycles. The summed E-state index contributed by atoms with van der Waals surface area (Å²) in [6, 6.07) is 2.01. The number of hydrogen-bond donors (Lipinski definition) is 1. The van der Waals surface area contributed by atoms with Crippen LogP contribution in [-0.4, -0.2) is 16.1 Å². The molecule has 0 radical (unpaired) electrons. The van der Waals surface area contributed by atoms with Crippen molar-refractivity contribution >= 4 is 27.5 Å². The van der Waals surface area contributed by atoms with Crippen LogP contribution >= 0.6 is 27.5 Å². The van der Waals surface area contributed by atoms with Crippen molar-refractivity contribution in [3.8, 4) is 0 Å². The lowest BCUT2D eigenvalue weighted by Gasteiger charge is -2.18. The van der Waals surface area contributed by atoms with Crippen LogP contribution < -0.4 is 5.32 Å². The van der Waals surface area contributed by atoms with Gasteiger partial charge in [0.25, 0.3) is 0 Å². The lowest BCUT2D eigenvalue weighted by molar-refractivity contribution is 0.510. The highest BCUT2D eigenvalue weighted by Gasteiger charge is 2.24. The first-order valence-electron chi connectivity index (χ1n) is 5.29. The van der Waals surface area contributed by atoms with Crippen LogP contribution in [0.4, 0.5) is 8.78 Å². The minimum absolute atomic E-state index is 0.0164. The maximum atomic E-state index is 14.1. The molecule has 18 heavy (non-hydrogen) atoms. The molecule has 96 valence electrons. The molecule has 2 rings (SSSR count). The number of aromatic nitrogens is 2. The maximum absolute atomic E-state index is 14.1. The predicted molar refractivity (Wildman–Crippen MR) is 69.5 cm³/mol. The molecule has 1 aromatic carbocycles. The van der Waals surface area contributed by atoms with Gasteiger partial charge in [-0.2, -0.15) is 0 Å². The molecule has 0 saturated heterocycles. The fourth-order valence-corrected chi connectivity index (χ4v) is 2.59. The lowest BCUT2D eigenvalue weighted by Crippen LogP contribution is -2.23. The molecule has 0 bridgehead atoms. The van der Waals surface area contributed by atoms with Crippen molar-refractivity contribution in [1.82, 2.24) is 14.9 Å². The Bertz CT molecular complexity index is 533. The van der Waals surface area contributed by atoms with Gasteiger partial charge in [0.05, 0.1) is 21.6 Å². The molecule has 0 aliphatic carbocycles. The van der Waals surface area contributed by atoms with E-state index >= 15 is 0 Å². The van der Waals surface area contributed by atoms with Gasteiger partial charge in [0.2, 0.25) is 0 Å². The third-order valence-electron chi connectivity index (χ3n) is 2.44. The van der Waals surface area contributed by atoms with Gasteiger partial charge >= 0.3 is 0 Å². The first kappa shape index (κ1) is 13.5. The van der Waals surface area contributed by atoms with Crippen molar-refractivity contribution in [2.75, 3.05) is 6.54 Å². The van der Waals surface area contributed by atoms with E-state index in [-0.39, 0.29) is 10.0 Å². The molecule has 1 unspecified atom stereocenters. The SMILES string of the molecule is CCNC(c1cnns1)c1c(F)ccc(Br)c1F. The van der Waals surface area contributed by atoms with Crippen molar-refractivity contribution in [3.63, 3.8) is 0 Å². The lowest BCUT2D eigenvalue weighted by atomic mass is 10.0. The fourth-order valence-electron chi connectivity index (χ4n) is 1.66. The Morgan fingerprint density at radius 2 is 2.22 bits per heavy atom. The Hall–Kier alpha value is -0.920. The standard InChI is InChI=1S/C11H10BrF2N3S/c1-2-15-11(8-5-16-17-18-8)9-7(13)4-3-6(12)10(9)14/h3-5,11,15H,2H2,1H3. The van der Waals surface area contributed by atoms with Crippen molar-refractivity contribution in [2.24, 2.45) is 0 Å². The highest BCUT2D eigenvalue weighted by molar-refractivity contribution is 9.10. The van der Waals surface area contributed by atoms with E-state index in [4.69, 9.17) is 0 Å². The average Bonchev–Trinajstić information content (AvgIpc) is 2.87. The zero-order valence-corrected chi connectivity index (χ0v) is 11.9. The van der Waals surface area contributed by atoms with Gasteiger partial charge < -0.3 is 5.32 Å². The largest absolute Gasteiger partial charge is 0.306 e. The van der Waals surface area contributed by atoms with Crippen molar-refractivity contribution < 1.29 is 8.78 Å². The molecule has 7 heteroatoms. The summed E-state index contributed by atoms with van der Waals surface area (Å²) in [5.41, 5.74) is -0.0164. The average molecular weight is 334 g/mol. The van der Waals surface area contributed by atoms with Crippen LogP contribution in [0.3, 0.4) is 0 Å². The van der Waals surface area contributed by atoms with E-state index < -0.39 is 17.7 Å². The topological polar surface area (TPSA) is 37.8 Å². The van der Waals surface area contributed by atoms with E-state index in [1.54, 1.807) is 0 Å². The first-order valence-corrected chi connectivity index (χ1v) is 6.85. The molecule has 0 fully saturated rings. The Kier molecular flexibility index (Phi) is 4.36. The van der Waals surface area contributed by atoms with E-state index in [2.05, 4.69) is 30.8 Å². The minimum atomic E-state index is -0.602. The molecule has 1 N–H and O–H groups in total. The van der Waals surface area contributed by atoms with E-state index in [1.807, 2.05) is 6.92 Å². The summed E-state index contributed by atoms with van der Waals surface area (Å²) in [5.74, 6) is -1.19. The number of halogens is 3. The van der Waals surface area contributed by atoms with Gasteiger partial charge in [-0.05, 0) is 46.1 Å². The number of rotatable bonds is 4. The van der Waals surface area contributed by atoms with Gasteiger partial charge in [0.1, 0.15) is 11.6 Å². The number of nitrogens with zero attached hydrogens (tertiary/aromatic N) is 2. The Morgan fingerprint density at radius 1 is 1.44 bits per heavy atom. The van der Waals surface area contributed by atoms with Crippen LogP contribution in [0.15, 0.2) is 22.8 Å². The van der Waals surface area contributed by atoms with E-state index in [1.165, 1.54) is 18.3 Å². The van der Waals surface area contributed by atoms with Gasteiger partial charge in [-0.15, -0.1) is 5.10 Å². The van der Waals surface area contributed by atoms with Gasteiger partial charge in [0, 0.05) is 5.56 Å². The summed E-state index contributed by atoms with van der Waals surface area (Å²) in [6.45, 7) is 2.45. The highest BCUT2D eigenvalue weighted by Crippen LogP contribution is 2.31. The highest BCUT2D eigenvalue weighted by atomic mass is 79.9. The van der Waals surface area contributed by atoms with Crippen LogP contribution in [0.25, 0.3) is 0 Å². The van der Waals surface area contributed by atoms with Gasteiger partial charge in [-0.25, -0.2) is 8.78 Å². The van der Waals surface area contributed by atoms with Crippen LogP contribution in [0.1, 0.15) is 23.4 Å². The quantitative estimate of drug-likeness (QED) is 0.872. The van der Waals surface area contributed by atoms with E-state index in [0.717, 1.165) is 11.5 Å². The summed E-state index contributed by atoms with van der Waals surface area (Å²) in [6.07, 6.45) is 1.51. The number of nitrogens with one attached hydrogen (secondary N) is 1. The van der Waals surface area contributed by atoms with Crippen molar-refractivity contribution in [3.05, 3.63) is 44.9 Å². The molecule has 1 aromatic heterocycles. The van der Waals surface area contributed by atoms with Gasteiger partial charge in [0.15, 0.2) is 0 Å². The molecule has 0 spiro atoms. The summed E-state index contributed by atoms with van der Waals surface area (Å²) >= 11 is 4.18. The Morgan fingerprint density at radius 3 is 2.83 bits per heavy atom. The number of benzene rings is 1. The summed E-state index contributed by atoms with van der Waals surface area (Å²) < 4.78 is 31.9. The number of hydrogen-bond acceptors (Lipinski definition) is 4. The summed E-state index contributed by atoms with van der Waals surface area (Å²) in [4.78, 5) is 0.674. The normalized spacial score (nSPS) is 12.7. The monoisotopic (exact) mass is 333 g/mol. The molecule has 3 nitrogen and oxygen atoms in total.